The zero-order valence-corrected chi connectivity index (χ0v) is 11.7. The Hall–Kier alpha value is -0.350. The lowest BCUT2D eigenvalue weighted by molar-refractivity contribution is 0.0368. The number of hydrogen-bond acceptors (Lipinski definition) is 1. The molecule has 2 rings (SSSR count). The van der Waals surface area contributed by atoms with Crippen LogP contribution in [0.4, 0.5) is 0 Å². The Morgan fingerprint density at radius 3 is 2.81 bits per heavy atom. The fourth-order valence-electron chi connectivity index (χ4n) is 1.91. The minimum atomic E-state index is 0.274. The first-order valence-corrected chi connectivity index (χ1v) is 6.77. The maximum atomic E-state index is 5.74. The summed E-state index contributed by atoms with van der Waals surface area (Å²) in [7, 11) is 0. The molecule has 16 heavy (non-hydrogen) atoms. The van der Waals surface area contributed by atoms with Crippen LogP contribution in [0.5, 0.6) is 0 Å². The van der Waals surface area contributed by atoms with Gasteiger partial charge in [-0.05, 0) is 18.4 Å². The second-order valence-corrected chi connectivity index (χ2v) is 7.15. The molecule has 1 aliphatic rings. The standard InChI is InChI=1S/C14H17IO/c1-14(15)9-10-16-13(11-14)8-7-12-5-3-2-4-6-12/h2-8,13H,9-11H2,1H3. The van der Waals surface area contributed by atoms with Gasteiger partial charge < -0.3 is 4.74 Å². The van der Waals surface area contributed by atoms with E-state index in [1.807, 2.05) is 6.07 Å². The minimum Gasteiger partial charge on any atom is -0.374 e. The zero-order chi connectivity index (χ0) is 11.4. The van der Waals surface area contributed by atoms with Gasteiger partial charge in [-0.15, -0.1) is 0 Å². The minimum absolute atomic E-state index is 0.274. The molecule has 2 unspecified atom stereocenters. The quantitative estimate of drug-likeness (QED) is 0.587. The van der Waals surface area contributed by atoms with Crippen molar-refractivity contribution in [2.24, 2.45) is 0 Å². The van der Waals surface area contributed by atoms with Crippen LogP contribution < -0.4 is 0 Å². The number of benzene rings is 1. The molecule has 0 bridgehead atoms. The smallest absolute Gasteiger partial charge is 0.0771 e. The van der Waals surface area contributed by atoms with E-state index in [4.69, 9.17) is 4.74 Å². The van der Waals surface area contributed by atoms with Gasteiger partial charge >= 0.3 is 0 Å². The lowest BCUT2D eigenvalue weighted by atomic mass is 9.97. The molecule has 1 heterocycles. The van der Waals surface area contributed by atoms with E-state index >= 15 is 0 Å². The van der Waals surface area contributed by atoms with Gasteiger partial charge in [0, 0.05) is 10.0 Å². The Morgan fingerprint density at radius 2 is 2.12 bits per heavy atom. The summed E-state index contributed by atoms with van der Waals surface area (Å²) >= 11 is 2.55. The van der Waals surface area contributed by atoms with Gasteiger partial charge in [-0.2, -0.15) is 0 Å². The van der Waals surface area contributed by atoms with Crippen LogP contribution in [0.1, 0.15) is 25.3 Å². The number of ether oxygens (including phenoxy) is 1. The summed E-state index contributed by atoms with van der Waals surface area (Å²) in [6.45, 7) is 3.18. The molecule has 0 saturated carbocycles. The third-order valence-electron chi connectivity index (χ3n) is 2.88. The molecule has 1 saturated heterocycles. The van der Waals surface area contributed by atoms with Gasteiger partial charge in [0.25, 0.3) is 0 Å². The van der Waals surface area contributed by atoms with E-state index in [9.17, 15) is 0 Å². The number of rotatable bonds is 2. The van der Waals surface area contributed by atoms with E-state index in [2.05, 4.69) is 65.9 Å². The van der Waals surface area contributed by atoms with Crippen LogP contribution >= 0.6 is 22.6 Å². The van der Waals surface area contributed by atoms with Crippen LogP contribution in [0, 0.1) is 0 Å². The fourth-order valence-corrected chi connectivity index (χ4v) is 2.56. The van der Waals surface area contributed by atoms with E-state index in [-0.39, 0.29) is 6.10 Å². The molecule has 1 fully saturated rings. The molecule has 0 N–H and O–H groups in total. The van der Waals surface area contributed by atoms with Crippen LogP contribution in [0.25, 0.3) is 6.08 Å². The molecule has 0 amide bonds. The molecular formula is C14H17IO. The van der Waals surface area contributed by atoms with Gasteiger partial charge in [0.05, 0.1) is 6.10 Å². The monoisotopic (exact) mass is 328 g/mol. The van der Waals surface area contributed by atoms with E-state index < -0.39 is 0 Å². The Morgan fingerprint density at radius 1 is 1.38 bits per heavy atom. The van der Waals surface area contributed by atoms with Crippen molar-refractivity contribution in [1.29, 1.82) is 0 Å². The Labute approximate surface area is 111 Å². The van der Waals surface area contributed by atoms with Gasteiger partial charge in [-0.1, -0.05) is 72.0 Å². The summed E-state index contributed by atoms with van der Waals surface area (Å²) in [6.07, 6.45) is 6.88. The number of alkyl halides is 1. The third kappa shape index (κ3) is 3.59. The van der Waals surface area contributed by atoms with Gasteiger partial charge in [-0.25, -0.2) is 0 Å². The van der Waals surface area contributed by atoms with E-state index in [0.717, 1.165) is 19.4 Å². The molecule has 2 heteroatoms. The highest BCUT2D eigenvalue weighted by Crippen LogP contribution is 2.33. The molecule has 0 spiro atoms. The van der Waals surface area contributed by atoms with Crippen LogP contribution in [-0.2, 0) is 4.74 Å². The van der Waals surface area contributed by atoms with Gasteiger partial charge in [0.15, 0.2) is 0 Å². The lowest BCUT2D eigenvalue weighted by Crippen LogP contribution is -2.32. The Balaban J connectivity index is 1.97. The highest BCUT2D eigenvalue weighted by atomic mass is 127. The first kappa shape index (κ1) is 12.1. The molecule has 1 aromatic rings. The summed E-state index contributed by atoms with van der Waals surface area (Å²) in [5.74, 6) is 0. The highest BCUT2D eigenvalue weighted by molar-refractivity contribution is 14.1. The number of halogens is 1. The topological polar surface area (TPSA) is 9.23 Å². The normalized spacial score (nSPS) is 30.8. The van der Waals surface area contributed by atoms with Gasteiger partial charge in [0.2, 0.25) is 0 Å². The van der Waals surface area contributed by atoms with Crippen molar-refractivity contribution < 1.29 is 4.74 Å². The first-order valence-electron chi connectivity index (χ1n) is 5.69. The van der Waals surface area contributed by atoms with Crippen molar-refractivity contribution in [3.8, 4) is 0 Å². The average Bonchev–Trinajstić information content (AvgIpc) is 2.27. The average molecular weight is 328 g/mol. The maximum Gasteiger partial charge on any atom is 0.0771 e. The van der Waals surface area contributed by atoms with Crippen LogP contribution in [0.2, 0.25) is 0 Å². The first-order chi connectivity index (χ1) is 7.66. The molecule has 0 aromatic heterocycles. The van der Waals surface area contributed by atoms with Crippen LogP contribution in [0.3, 0.4) is 0 Å². The molecule has 86 valence electrons. The molecule has 1 nitrogen and oxygen atoms in total. The van der Waals surface area contributed by atoms with Crippen molar-refractivity contribution in [2.45, 2.75) is 29.3 Å². The highest BCUT2D eigenvalue weighted by Gasteiger charge is 2.28. The fraction of sp³-hybridized carbons (Fsp3) is 0.429. The molecule has 1 aromatic carbocycles. The summed E-state index contributed by atoms with van der Waals surface area (Å²) in [6, 6.07) is 10.4. The second-order valence-electron chi connectivity index (χ2n) is 4.55. The largest absolute Gasteiger partial charge is 0.374 e. The predicted molar refractivity (Wildman–Crippen MR) is 76.9 cm³/mol. The molecule has 0 aliphatic carbocycles. The van der Waals surface area contributed by atoms with E-state index in [1.165, 1.54) is 5.56 Å². The predicted octanol–water partition coefficient (Wildman–Crippen LogP) is 4.07. The Bertz CT molecular complexity index is 356. The van der Waals surface area contributed by atoms with Gasteiger partial charge in [0.1, 0.15) is 0 Å². The zero-order valence-electron chi connectivity index (χ0n) is 9.53. The molecular weight excluding hydrogens is 311 g/mol. The van der Waals surface area contributed by atoms with Crippen molar-refractivity contribution >= 4 is 28.7 Å². The summed E-state index contributed by atoms with van der Waals surface area (Å²) in [5.41, 5.74) is 1.24. The number of hydrogen-bond donors (Lipinski definition) is 0. The molecule has 1 aliphatic heterocycles. The lowest BCUT2D eigenvalue weighted by Gasteiger charge is -2.32. The van der Waals surface area contributed by atoms with Crippen LogP contribution in [-0.4, -0.2) is 16.1 Å². The molecule has 0 radical (unpaired) electrons. The SMILES string of the molecule is CC1(I)CCOC(C=Cc2ccccc2)C1. The summed E-state index contributed by atoms with van der Waals surface area (Å²) in [4.78, 5) is 0. The van der Waals surface area contributed by atoms with Crippen LogP contribution in [0.15, 0.2) is 36.4 Å². The van der Waals surface area contributed by atoms with E-state index in [1.54, 1.807) is 0 Å². The van der Waals surface area contributed by atoms with Crippen molar-refractivity contribution in [1.82, 2.24) is 0 Å². The van der Waals surface area contributed by atoms with E-state index in [0.29, 0.717) is 3.42 Å². The second kappa shape index (κ2) is 5.32. The third-order valence-corrected chi connectivity index (χ3v) is 3.86. The van der Waals surface area contributed by atoms with Crippen molar-refractivity contribution in [3.63, 3.8) is 0 Å². The Kier molecular flexibility index (Phi) is 4.03. The van der Waals surface area contributed by atoms with Crippen molar-refractivity contribution in [2.75, 3.05) is 6.61 Å². The molecule has 2 atom stereocenters. The van der Waals surface area contributed by atoms with Crippen molar-refractivity contribution in [3.05, 3.63) is 42.0 Å². The summed E-state index contributed by atoms with van der Waals surface area (Å²) < 4.78 is 6.13. The maximum absolute atomic E-state index is 5.74. The van der Waals surface area contributed by atoms with Gasteiger partial charge in [-0.3, -0.25) is 0 Å². The summed E-state index contributed by atoms with van der Waals surface area (Å²) in [5, 5.41) is 0.